The highest BCUT2D eigenvalue weighted by molar-refractivity contribution is 5.24. The van der Waals surface area contributed by atoms with E-state index in [0.29, 0.717) is 17.8 Å². The Bertz CT molecular complexity index is 793. The van der Waals surface area contributed by atoms with Gasteiger partial charge in [0.2, 0.25) is 0 Å². The van der Waals surface area contributed by atoms with E-state index < -0.39 is 0 Å². The van der Waals surface area contributed by atoms with Crippen LogP contribution >= 0.6 is 0 Å². The minimum absolute atomic E-state index is 0.653. The second-order valence-corrected chi connectivity index (χ2v) is 8.70. The quantitative estimate of drug-likeness (QED) is 0.330. The van der Waals surface area contributed by atoms with Crippen molar-refractivity contribution in [2.24, 2.45) is 0 Å². The van der Waals surface area contributed by atoms with E-state index in [0.717, 1.165) is 0 Å². The minimum Gasteiger partial charge on any atom is -0.0683 e. The zero-order valence-corrected chi connectivity index (χ0v) is 27.7. The first-order chi connectivity index (χ1) is 17.7. The zero-order chi connectivity index (χ0) is 29.8. The third-order valence-corrected chi connectivity index (χ3v) is 4.92. The van der Waals surface area contributed by atoms with Crippen LogP contribution in [0, 0.1) is 13.8 Å². The first-order valence-electron chi connectivity index (χ1n) is 14.9. The fraction of sp³-hybridized carbons (Fsp3) is 0.514. The maximum Gasteiger partial charge on any atom is -0.0219 e. The molecule has 0 aromatic heterocycles. The maximum absolute atomic E-state index is 2.24. The van der Waals surface area contributed by atoms with Crippen LogP contribution in [0.1, 0.15) is 143 Å². The van der Waals surface area contributed by atoms with E-state index in [1.807, 2.05) is 61.5 Å². The van der Waals surface area contributed by atoms with Crippen molar-refractivity contribution in [2.45, 2.75) is 129 Å². The Labute approximate surface area is 235 Å². The molecular formula is C37H64. The highest BCUT2D eigenvalue weighted by Gasteiger charge is 1.97. The van der Waals surface area contributed by atoms with Crippen LogP contribution in [0.15, 0.2) is 78.9 Å². The van der Waals surface area contributed by atoms with Gasteiger partial charge in [-0.2, -0.15) is 0 Å². The largest absolute Gasteiger partial charge is 0.0683 e. The molecule has 37 heavy (non-hydrogen) atoms. The Morgan fingerprint density at radius 2 is 0.703 bits per heavy atom. The Balaban J connectivity index is -0.000000194. The predicted molar refractivity (Wildman–Crippen MR) is 176 cm³/mol. The van der Waals surface area contributed by atoms with Crippen LogP contribution in [0.4, 0.5) is 0 Å². The monoisotopic (exact) mass is 509 g/mol. The summed E-state index contributed by atoms with van der Waals surface area (Å²) >= 11 is 0. The summed E-state index contributed by atoms with van der Waals surface area (Å²) in [6, 6.07) is 27.9. The molecule has 0 radical (unpaired) electrons. The van der Waals surface area contributed by atoms with Crippen molar-refractivity contribution in [3.05, 3.63) is 107 Å². The molecule has 0 bridgehead atoms. The highest BCUT2D eigenvalue weighted by Crippen LogP contribution is 2.15. The number of hydrogen-bond donors (Lipinski definition) is 0. The lowest BCUT2D eigenvalue weighted by molar-refractivity contribution is 0.865. The van der Waals surface area contributed by atoms with Gasteiger partial charge in [-0.05, 0) is 48.3 Å². The Morgan fingerprint density at radius 3 is 1.00 bits per heavy atom. The second kappa shape index (κ2) is 29.9. The summed E-state index contributed by atoms with van der Waals surface area (Å²) in [5.74, 6) is 1.96. The summed E-state index contributed by atoms with van der Waals surface area (Å²) in [7, 11) is 0. The van der Waals surface area contributed by atoms with Crippen LogP contribution in [0.2, 0.25) is 0 Å². The van der Waals surface area contributed by atoms with E-state index in [1.54, 1.807) is 0 Å². The maximum atomic E-state index is 2.24. The standard InChI is InChI=1S/2C10H14.C9H12.4C2H6/c1-8(2)10-6-4-9(3)5-7-10;1-8(2)10-6-4-5-9(3)7-10;1-8(2)9-6-4-3-5-7-9;4*1-2/h2*4-8H,1-3H3;3-8H,1-2H3;4*1-2H3. The van der Waals surface area contributed by atoms with Gasteiger partial charge in [0.1, 0.15) is 0 Å². The molecule has 3 aromatic rings. The molecule has 0 atom stereocenters. The first kappa shape index (κ1) is 41.8. The van der Waals surface area contributed by atoms with E-state index >= 15 is 0 Å². The third kappa shape index (κ3) is 23.8. The first-order valence-corrected chi connectivity index (χ1v) is 14.9. The summed E-state index contributed by atoms with van der Waals surface area (Å²) in [6.07, 6.45) is 0. The average Bonchev–Trinajstić information content (AvgIpc) is 2.94. The molecule has 0 nitrogen and oxygen atoms in total. The van der Waals surface area contributed by atoms with Crippen molar-refractivity contribution >= 4 is 0 Å². The van der Waals surface area contributed by atoms with E-state index in [1.165, 1.54) is 27.8 Å². The van der Waals surface area contributed by atoms with Gasteiger partial charge >= 0.3 is 0 Å². The molecular weight excluding hydrogens is 444 g/mol. The molecule has 0 heterocycles. The van der Waals surface area contributed by atoms with Crippen molar-refractivity contribution < 1.29 is 0 Å². The fourth-order valence-corrected chi connectivity index (χ4v) is 2.82. The van der Waals surface area contributed by atoms with Gasteiger partial charge in [0.25, 0.3) is 0 Å². The van der Waals surface area contributed by atoms with Crippen molar-refractivity contribution in [2.75, 3.05) is 0 Å². The fourth-order valence-electron chi connectivity index (χ4n) is 2.82. The number of aryl methyl sites for hydroxylation is 2. The lowest BCUT2D eigenvalue weighted by Gasteiger charge is -2.04. The van der Waals surface area contributed by atoms with Crippen molar-refractivity contribution in [1.29, 1.82) is 0 Å². The van der Waals surface area contributed by atoms with Crippen LogP contribution in [-0.4, -0.2) is 0 Å². The van der Waals surface area contributed by atoms with Crippen LogP contribution in [-0.2, 0) is 0 Å². The summed E-state index contributed by atoms with van der Waals surface area (Å²) in [6.45, 7) is 33.5. The van der Waals surface area contributed by atoms with Crippen molar-refractivity contribution in [1.82, 2.24) is 0 Å². The molecule has 0 aliphatic rings. The molecule has 0 saturated carbocycles. The van der Waals surface area contributed by atoms with Crippen LogP contribution < -0.4 is 0 Å². The van der Waals surface area contributed by atoms with Gasteiger partial charge in [-0.3, -0.25) is 0 Å². The smallest absolute Gasteiger partial charge is 0.0219 e. The van der Waals surface area contributed by atoms with Gasteiger partial charge < -0.3 is 0 Å². The molecule has 0 amide bonds. The van der Waals surface area contributed by atoms with E-state index in [9.17, 15) is 0 Å². The lowest BCUT2D eigenvalue weighted by atomic mass is 10.0. The molecule has 3 aromatic carbocycles. The summed E-state index contributed by atoms with van der Waals surface area (Å²) in [5, 5.41) is 0. The van der Waals surface area contributed by atoms with Gasteiger partial charge in [-0.15, -0.1) is 0 Å². The molecule has 0 heteroatoms. The average molecular weight is 509 g/mol. The van der Waals surface area contributed by atoms with E-state index in [-0.39, 0.29) is 0 Å². The topological polar surface area (TPSA) is 0 Å². The highest BCUT2D eigenvalue weighted by atomic mass is 14.0. The number of benzene rings is 3. The van der Waals surface area contributed by atoms with Gasteiger partial charge in [-0.25, -0.2) is 0 Å². The zero-order valence-electron chi connectivity index (χ0n) is 27.7. The lowest BCUT2D eigenvalue weighted by Crippen LogP contribution is -1.86. The van der Waals surface area contributed by atoms with Gasteiger partial charge in [0.15, 0.2) is 0 Å². The van der Waals surface area contributed by atoms with Gasteiger partial charge in [0.05, 0.1) is 0 Å². The van der Waals surface area contributed by atoms with Crippen LogP contribution in [0.5, 0.6) is 0 Å². The van der Waals surface area contributed by atoms with Crippen LogP contribution in [0.25, 0.3) is 0 Å². The van der Waals surface area contributed by atoms with Gasteiger partial charge in [0, 0.05) is 0 Å². The number of hydrogen-bond acceptors (Lipinski definition) is 0. The molecule has 0 aliphatic carbocycles. The summed E-state index contributed by atoms with van der Waals surface area (Å²) in [5.41, 5.74) is 6.96. The molecule has 0 N–H and O–H groups in total. The van der Waals surface area contributed by atoms with Crippen molar-refractivity contribution in [3.8, 4) is 0 Å². The second-order valence-electron chi connectivity index (χ2n) is 8.70. The van der Waals surface area contributed by atoms with Crippen molar-refractivity contribution in [3.63, 3.8) is 0 Å². The SMILES string of the molecule is CC.CC.CC.CC.CC(C)c1ccccc1.Cc1ccc(C(C)C)cc1.Cc1cccc(C(C)C)c1. The molecule has 0 saturated heterocycles. The van der Waals surface area contributed by atoms with E-state index in [4.69, 9.17) is 0 Å². The Morgan fingerprint density at radius 1 is 0.351 bits per heavy atom. The minimum atomic E-state index is 0.653. The molecule has 3 rings (SSSR count). The molecule has 0 aliphatic heterocycles. The molecule has 0 fully saturated rings. The Kier molecular flexibility index (Phi) is 33.7. The summed E-state index contributed by atoms with van der Waals surface area (Å²) < 4.78 is 0. The van der Waals surface area contributed by atoms with Crippen LogP contribution in [0.3, 0.4) is 0 Å². The normalized spacial score (nSPS) is 8.73. The summed E-state index contributed by atoms with van der Waals surface area (Å²) in [4.78, 5) is 0. The predicted octanol–water partition coefficient (Wildman–Crippen LogP) is 13.2. The molecule has 0 spiro atoms. The number of rotatable bonds is 3. The molecule has 212 valence electrons. The molecule has 0 unspecified atom stereocenters. The van der Waals surface area contributed by atoms with E-state index in [2.05, 4.69) is 128 Å². The van der Waals surface area contributed by atoms with Gasteiger partial charge in [-0.1, -0.05) is 187 Å². The third-order valence-electron chi connectivity index (χ3n) is 4.92. The Hall–Kier alpha value is -2.34.